The van der Waals surface area contributed by atoms with E-state index in [1.165, 1.54) is 11.3 Å². The Hall–Kier alpha value is -2.73. The van der Waals surface area contributed by atoms with E-state index < -0.39 is 0 Å². The summed E-state index contributed by atoms with van der Waals surface area (Å²) in [7, 11) is 3.85. The summed E-state index contributed by atoms with van der Waals surface area (Å²) in [6, 6.07) is 10.2. The minimum absolute atomic E-state index is 0.618. The van der Waals surface area contributed by atoms with Crippen LogP contribution >= 0.6 is 11.3 Å². The molecule has 1 N–H and O–H groups in total. The second kappa shape index (κ2) is 7.23. The van der Waals surface area contributed by atoms with Crippen LogP contribution in [0.5, 0.6) is 0 Å². The summed E-state index contributed by atoms with van der Waals surface area (Å²) in [5, 5.41) is 5.07. The van der Waals surface area contributed by atoms with Crippen LogP contribution < -0.4 is 5.32 Å². The number of hydrogen-bond donors (Lipinski definition) is 1. The van der Waals surface area contributed by atoms with Crippen molar-refractivity contribution in [3.8, 4) is 0 Å². The zero-order chi connectivity index (χ0) is 16.9. The molecule has 1 aromatic carbocycles. The molecule has 0 saturated heterocycles. The van der Waals surface area contributed by atoms with Crippen LogP contribution in [0.1, 0.15) is 20.2 Å². The Morgan fingerprint density at radius 3 is 2.88 bits per heavy atom. The molecule has 0 spiro atoms. The molecule has 0 radical (unpaired) electrons. The molecule has 2 heterocycles. The van der Waals surface area contributed by atoms with E-state index in [1.807, 2.05) is 44.7 Å². The molecular formula is C18H18N4OS. The van der Waals surface area contributed by atoms with Gasteiger partial charge in [0.25, 0.3) is 0 Å². The summed E-state index contributed by atoms with van der Waals surface area (Å²) in [5.41, 5.74) is 3.01. The molecule has 2 aromatic heterocycles. The van der Waals surface area contributed by atoms with Gasteiger partial charge in [0.15, 0.2) is 6.29 Å². The third-order valence-electron chi connectivity index (χ3n) is 3.57. The van der Waals surface area contributed by atoms with Crippen LogP contribution in [0.3, 0.4) is 0 Å². The summed E-state index contributed by atoms with van der Waals surface area (Å²) in [4.78, 5) is 22.3. The van der Waals surface area contributed by atoms with Crippen molar-refractivity contribution in [2.45, 2.75) is 6.54 Å². The Labute approximate surface area is 144 Å². The van der Waals surface area contributed by atoms with E-state index in [-0.39, 0.29) is 0 Å². The Morgan fingerprint density at radius 1 is 1.29 bits per heavy atom. The predicted octanol–water partition coefficient (Wildman–Crippen LogP) is 3.15. The summed E-state index contributed by atoms with van der Waals surface area (Å²) in [6.45, 7) is 0.731. The van der Waals surface area contributed by atoms with Crippen LogP contribution in [0, 0.1) is 0 Å². The van der Waals surface area contributed by atoms with Gasteiger partial charge in [-0.1, -0.05) is 18.2 Å². The molecule has 0 unspecified atom stereocenters. The van der Waals surface area contributed by atoms with E-state index in [2.05, 4.69) is 32.3 Å². The fourth-order valence-electron chi connectivity index (χ4n) is 2.45. The van der Waals surface area contributed by atoms with Gasteiger partial charge < -0.3 is 10.2 Å². The highest BCUT2D eigenvalue weighted by atomic mass is 32.1. The Bertz CT molecular complexity index is 887. The molecule has 0 aliphatic heterocycles. The molecule has 3 aromatic rings. The van der Waals surface area contributed by atoms with Gasteiger partial charge in [-0.3, -0.25) is 9.78 Å². The highest BCUT2D eigenvalue weighted by molar-refractivity contribution is 7.14. The lowest BCUT2D eigenvalue weighted by molar-refractivity contribution is 0.112. The van der Waals surface area contributed by atoms with Crippen molar-refractivity contribution >= 4 is 34.2 Å². The third-order valence-corrected chi connectivity index (χ3v) is 4.52. The minimum Gasteiger partial charge on any atom is -0.385 e. The van der Waals surface area contributed by atoms with E-state index >= 15 is 0 Å². The maximum absolute atomic E-state index is 10.8. The second-order valence-electron chi connectivity index (χ2n) is 5.43. The van der Waals surface area contributed by atoms with E-state index in [1.54, 1.807) is 6.20 Å². The number of para-hydroxylation sites is 1. The van der Waals surface area contributed by atoms with Gasteiger partial charge in [-0.15, -0.1) is 11.3 Å². The first kappa shape index (κ1) is 16.1. The number of fused-ring (bicyclic) bond motifs is 1. The number of carbonyl (C=O) groups excluding carboxylic acids is 1. The number of aldehydes is 1. The van der Waals surface area contributed by atoms with Crippen LogP contribution in [0.25, 0.3) is 16.6 Å². The topological polar surface area (TPSA) is 58.1 Å². The highest BCUT2D eigenvalue weighted by Crippen LogP contribution is 2.19. The second-order valence-corrected chi connectivity index (χ2v) is 6.49. The smallest absolute Gasteiger partial charge is 0.161 e. The Balaban J connectivity index is 1.78. The quantitative estimate of drug-likeness (QED) is 0.700. The molecule has 0 atom stereocenters. The Kier molecular flexibility index (Phi) is 4.86. The van der Waals surface area contributed by atoms with Crippen LogP contribution in [0.15, 0.2) is 48.9 Å². The molecule has 0 aliphatic carbocycles. The molecular weight excluding hydrogens is 320 g/mol. The number of rotatable bonds is 6. The predicted molar refractivity (Wildman–Crippen MR) is 97.7 cm³/mol. The van der Waals surface area contributed by atoms with Crippen LogP contribution in [0.2, 0.25) is 0 Å². The minimum atomic E-state index is 0.618. The zero-order valence-electron chi connectivity index (χ0n) is 13.6. The van der Waals surface area contributed by atoms with Crippen molar-refractivity contribution in [3.63, 3.8) is 0 Å². The van der Waals surface area contributed by atoms with Gasteiger partial charge in [0, 0.05) is 44.6 Å². The molecule has 3 rings (SSSR count). The molecule has 122 valence electrons. The van der Waals surface area contributed by atoms with Gasteiger partial charge in [-0.25, -0.2) is 4.98 Å². The summed E-state index contributed by atoms with van der Waals surface area (Å²) >= 11 is 1.37. The number of benzene rings is 1. The first-order valence-electron chi connectivity index (χ1n) is 7.54. The largest absolute Gasteiger partial charge is 0.385 e. The van der Waals surface area contributed by atoms with E-state index in [0.717, 1.165) is 40.0 Å². The SMILES string of the molecule is CN/C(=C\N(C)Cc1cnc2ccccc2c1)c1ncc(C=O)s1. The molecule has 0 bridgehead atoms. The molecule has 5 nitrogen and oxygen atoms in total. The zero-order valence-corrected chi connectivity index (χ0v) is 14.4. The normalized spacial score (nSPS) is 11.5. The summed E-state index contributed by atoms with van der Waals surface area (Å²) in [6.07, 6.45) is 6.30. The average molecular weight is 338 g/mol. The highest BCUT2D eigenvalue weighted by Gasteiger charge is 2.07. The molecule has 6 heteroatoms. The number of hydrogen-bond acceptors (Lipinski definition) is 6. The average Bonchev–Trinajstić information content (AvgIpc) is 3.08. The first-order chi connectivity index (χ1) is 11.7. The number of thiazole rings is 1. The van der Waals surface area contributed by atoms with Crippen molar-refractivity contribution < 1.29 is 4.79 Å². The van der Waals surface area contributed by atoms with Crippen molar-refractivity contribution in [3.05, 3.63) is 64.4 Å². The molecule has 0 fully saturated rings. The van der Waals surface area contributed by atoms with Crippen LogP contribution in [-0.4, -0.2) is 35.2 Å². The number of carbonyl (C=O) groups is 1. The van der Waals surface area contributed by atoms with Gasteiger partial charge in [-0.05, 0) is 17.7 Å². The van der Waals surface area contributed by atoms with Crippen molar-refractivity contribution in [1.29, 1.82) is 0 Å². The van der Waals surface area contributed by atoms with Gasteiger partial charge in [0.1, 0.15) is 5.01 Å². The fraction of sp³-hybridized carbons (Fsp3) is 0.167. The standard InChI is InChI=1S/C18H18N4OS/c1-19-17(18-21-9-15(12-23)24-18)11-22(2)10-13-7-14-5-3-4-6-16(14)20-8-13/h3-9,11-12,19H,10H2,1-2H3/b17-11-. The number of pyridine rings is 1. The molecule has 0 saturated carbocycles. The lowest BCUT2D eigenvalue weighted by atomic mass is 10.1. The molecule has 24 heavy (non-hydrogen) atoms. The van der Waals surface area contributed by atoms with Crippen LogP contribution in [0.4, 0.5) is 0 Å². The molecule has 0 amide bonds. The lowest BCUT2D eigenvalue weighted by Crippen LogP contribution is -2.15. The lowest BCUT2D eigenvalue weighted by Gasteiger charge is -2.16. The van der Waals surface area contributed by atoms with Crippen molar-refractivity contribution in [2.24, 2.45) is 0 Å². The van der Waals surface area contributed by atoms with Gasteiger partial charge >= 0.3 is 0 Å². The number of nitrogens with one attached hydrogen (secondary N) is 1. The van der Waals surface area contributed by atoms with E-state index in [4.69, 9.17) is 0 Å². The number of aromatic nitrogens is 2. The summed E-state index contributed by atoms with van der Waals surface area (Å²) in [5.74, 6) is 0. The summed E-state index contributed by atoms with van der Waals surface area (Å²) < 4.78 is 0. The number of nitrogens with zero attached hydrogens (tertiary/aromatic N) is 3. The maximum atomic E-state index is 10.8. The third kappa shape index (κ3) is 3.60. The van der Waals surface area contributed by atoms with Gasteiger partial charge in [0.2, 0.25) is 0 Å². The van der Waals surface area contributed by atoms with Crippen LogP contribution in [-0.2, 0) is 6.54 Å². The van der Waals surface area contributed by atoms with E-state index in [9.17, 15) is 4.79 Å². The monoisotopic (exact) mass is 338 g/mol. The van der Waals surface area contributed by atoms with Gasteiger partial charge in [0.05, 0.1) is 16.1 Å². The van der Waals surface area contributed by atoms with Gasteiger partial charge in [-0.2, -0.15) is 0 Å². The fourth-order valence-corrected chi connectivity index (χ4v) is 3.20. The maximum Gasteiger partial charge on any atom is 0.161 e. The first-order valence-corrected chi connectivity index (χ1v) is 8.36. The van der Waals surface area contributed by atoms with Crippen molar-refractivity contribution in [1.82, 2.24) is 20.2 Å². The Morgan fingerprint density at radius 2 is 2.12 bits per heavy atom. The van der Waals surface area contributed by atoms with E-state index in [0.29, 0.717) is 4.88 Å². The molecule has 0 aliphatic rings. The van der Waals surface area contributed by atoms with Crippen molar-refractivity contribution in [2.75, 3.05) is 14.1 Å².